The summed E-state index contributed by atoms with van der Waals surface area (Å²) in [7, 11) is 4.65. The number of hydrogen-bond donors (Lipinski definition) is 0. The lowest BCUT2D eigenvalue weighted by Gasteiger charge is -2.20. The third-order valence-corrected chi connectivity index (χ3v) is 3.76. The van der Waals surface area contributed by atoms with Crippen LogP contribution in [0.5, 0.6) is 17.8 Å². The minimum absolute atomic E-state index is 0.242. The van der Waals surface area contributed by atoms with Gasteiger partial charge in [0.05, 0.1) is 26.9 Å². The van der Waals surface area contributed by atoms with Crippen LogP contribution < -0.4 is 19.1 Å². The first-order valence-electron chi connectivity index (χ1n) is 7.39. The fourth-order valence-corrected chi connectivity index (χ4v) is 2.61. The number of hydrogen-bond acceptors (Lipinski definition) is 8. The molecule has 23 heavy (non-hydrogen) atoms. The average Bonchev–Trinajstić information content (AvgIpc) is 3.15. The Bertz CT molecular complexity index is 689. The summed E-state index contributed by atoms with van der Waals surface area (Å²) in [5.41, 5.74) is 2.21. The SMILES string of the molecule is COc1ncc(-c2cc(N3CCCC3)c(OC)nn2)c(OC)n1. The molecule has 0 aromatic carbocycles. The van der Waals surface area contributed by atoms with Crippen LogP contribution in [-0.2, 0) is 0 Å². The van der Waals surface area contributed by atoms with Crippen LogP contribution in [0.1, 0.15) is 12.8 Å². The van der Waals surface area contributed by atoms with Crippen LogP contribution in [0.25, 0.3) is 11.3 Å². The van der Waals surface area contributed by atoms with Crippen molar-refractivity contribution in [2.75, 3.05) is 39.3 Å². The van der Waals surface area contributed by atoms with E-state index in [1.54, 1.807) is 20.4 Å². The third kappa shape index (κ3) is 2.96. The van der Waals surface area contributed by atoms with Gasteiger partial charge in [-0.25, -0.2) is 4.98 Å². The summed E-state index contributed by atoms with van der Waals surface area (Å²) in [5.74, 6) is 0.910. The van der Waals surface area contributed by atoms with Crippen molar-refractivity contribution in [1.29, 1.82) is 0 Å². The van der Waals surface area contributed by atoms with Crippen LogP contribution in [0.4, 0.5) is 5.69 Å². The molecule has 3 heterocycles. The van der Waals surface area contributed by atoms with Gasteiger partial charge in [0.1, 0.15) is 11.4 Å². The normalized spacial score (nSPS) is 14.0. The molecule has 0 spiro atoms. The van der Waals surface area contributed by atoms with E-state index in [1.165, 1.54) is 7.11 Å². The Morgan fingerprint density at radius 1 is 0.957 bits per heavy atom. The Hall–Kier alpha value is -2.64. The van der Waals surface area contributed by atoms with Crippen LogP contribution in [0.15, 0.2) is 12.3 Å². The standard InChI is InChI=1S/C15H19N5O3/c1-21-13-10(9-16-15(17-13)23-3)11-8-12(14(22-2)19-18-11)20-6-4-5-7-20/h8-9H,4-7H2,1-3H3. The van der Waals surface area contributed by atoms with E-state index >= 15 is 0 Å². The minimum Gasteiger partial charge on any atom is -0.480 e. The molecular formula is C15H19N5O3. The highest BCUT2D eigenvalue weighted by atomic mass is 16.5. The molecule has 3 rings (SSSR count). The Kier molecular flexibility index (Phi) is 4.40. The molecule has 0 unspecified atom stereocenters. The van der Waals surface area contributed by atoms with Crippen LogP contribution in [-0.4, -0.2) is 54.6 Å². The Labute approximate surface area is 134 Å². The van der Waals surface area contributed by atoms with E-state index in [2.05, 4.69) is 25.1 Å². The van der Waals surface area contributed by atoms with Gasteiger partial charge in [-0.3, -0.25) is 0 Å². The summed E-state index contributed by atoms with van der Waals surface area (Å²) in [5, 5.41) is 8.39. The second-order valence-corrected chi connectivity index (χ2v) is 5.10. The quantitative estimate of drug-likeness (QED) is 0.821. The Morgan fingerprint density at radius 2 is 1.70 bits per heavy atom. The second kappa shape index (κ2) is 6.64. The number of methoxy groups -OCH3 is 3. The number of rotatable bonds is 5. The van der Waals surface area contributed by atoms with Crippen LogP contribution >= 0.6 is 0 Å². The van der Waals surface area contributed by atoms with Crippen molar-refractivity contribution in [2.24, 2.45) is 0 Å². The Balaban J connectivity index is 2.04. The predicted octanol–water partition coefficient (Wildman–Crippen LogP) is 1.56. The van der Waals surface area contributed by atoms with Crippen molar-refractivity contribution >= 4 is 5.69 Å². The van der Waals surface area contributed by atoms with Crippen LogP contribution in [0.3, 0.4) is 0 Å². The van der Waals surface area contributed by atoms with Crippen LogP contribution in [0, 0.1) is 0 Å². The molecule has 1 aliphatic rings. The van der Waals surface area contributed by atoms with Crippen LogP contribution in [0.2, 0.25) is 0 Å². The van der Waals surface area contributed by atoms with Crippen molar-refractivity contribution in [3.05, 3.63) is 12.3 Å². The molecule has 122 valence electrons. The molecule has 0 bridgehead atoms. The van der Waals surface area contributed by atoms with Gasteiger partial charge in [-0.15, -0.1) is 10.2 Å². The molecule has 0 amide bonds. The molecule has 0 aliphatic carbocycles. The zero-order valence-corrected chi connectivity index (χ0v) is 13.4. The highest BCUT2D eigenvalue weighted by Gasteiger charge is 2.21. The first-order valence-corrected chi connectivity index (χ1v) is 7.39. The number of nitrogens with zero attached hydrogens (tertiary/aromatic N) is 5. The monoisotopic (exact) mass is 317 g/mol. The molecule has 2 aromatic heterocycles. The summed E-state index contributed by atoms with van der Waals surface area (Å²) in [6, 6.07) is 2.18. The lowest BCUT2D eigenvalue weighted by molar-refractivity contribution is 0.353. The molecule has 1 aliphatic heterocycles. The van der Waals surface area contributed by atoms with E-state index in [4.69, 9.17) is 14.2 Å². The number of aromatic nitrogens is 4. The molecule has 8 heteroatoms. The lowest BCUT2D eigenvalue weighted by Crippen LogP contribution is -2.19. The zero-order valence-electron chi connectivity index (χ0n) is 13.4. The summed E-state index contributed by atoms with van der Waals surface area (Å²) in [4.78, 5) is 10.6. The topological polar surface area (TPSA) is 82.5 Å². The maximum absolute atomic E-state index is 5.34. The van der Waals surface area contributed by atoms with E-state index < -0.39 is 0 Å². The molecule has 0 N–H and O–H groups in total. The van der Waals surface area contributed by atoms with Gasteiger partial charge in [-0.2, -0.15) is 4.98 Å². The largest absolute Gasteiger partial charge is 0.480 e. The van der Waals surface area contributed by atoms with E-state index in [-0.39, 0.29) is 6.01 Å². The Morgan fingerprint density at radius 3 is 2.35 bits per heavy atom. The fraction of sp³-hybridized carbons (Fsp3) is 0.467. The van der Waals surface area contributed by atoms with Gasteiger partial charge >= 0.3 is 6.01 Å². The van der Waals surface area contributed by atoms with E-state index in [9.17, 15) is 0 Å². The van der Waals surface area contributed by atoms with Crippen molar-refractivity contribution in [3.8, 4) is 29.0 Å². The maximum Gasteiger partial charge on any atom is 0.319 e. The summed E-state index contributed by atoms with van der Waals surface area (Å²) < 4.78 is 15.7. The van der Waals surface area contributed by atoms with Crippen molar-refractivity contribution in [3.63, 3.8) is 0 Å². The van der Waals surface area contributed by atoms with Gasteiger partial charge in [0.15, 0.2) is 0 Å². The highest BCUT2D eigenvalue weighted by Crippen LogP contribution is 2.34. The van der Waals surface area contributed by atoms with Gasteiger partial charge in [0, 0.05) is 19.3 Å². The molecule has 0 radical (unpaired) electrons. The van der Waals surface area contributed by atoms with Crippen molar-refractivity contribution < 1.29 is 14.2 Å². The van der Waals surface area contributed by atoms with Crippen molar-refractivity contribution in [2.45, 2.75) is 12.8 Å². The van der Waals surface area contributed by atoms with Crippen molar-refractivity contribution in [1.82, 2.24) is 20.2 Å². The van der Waals surface area contributed by atoms with Gasteiger partial charge in [-0.1, -0.05) is 0 Å². The van der Waals surface area contributed by atoms with E-state index in [1.807, 2.05) is 6.07 Å². The van der Waals surface area contributed by atoms with Gasteiger partial charge in [0.25, 0.3) is 5.88 Å². The number of anilines is 1. The fourth-order valence-electron chi connectivity index (χ4n) is 2.61. The molecule has 0 saturated carbocycles. The smallest absolute Gasteiger partial charge is 0.319 e. The highest BCUT2D eigenvalue weighted by molar-refractivity contribution is 5.70. The summed E-state index contributed by atoms with van der Waals surface area (Å²) >= 11 is 0. The molecule has 8 nitrogen and oxygen atoms in total. The maximum atomic E-state index is 5.34. The molecular weight excluding hydrogens is 298 g/mol. The third-order valence-electron chi connectivity index (χ3n) is 3.76. The molecule has 1 fully saturated rings. The first-order chi connectivity index (χ1) is 11.3. The van der Waals surface area contributed by atoms with E-state index in [0.717, 1.165) is 31.6 Å². The zero-order chi connectivity index (χ0) is 16.2. The second-order valence-electron chi connectivity index (χ2n) is 5.10. The predicted molar refractivity (Wildman–Crippen MR) is 84.2 cm³/mol. The van der Waals surface area contributed by atoms with Gasteiger partial charge in [0.2, 0.25) is 5.88 Å². The average molecular weight is 317 g/mol. The summed E-state index contributed by atoms with van der Waals surface area (Å²) in [6.07, 6.45) is 3.94. The molecule has 1 saturated heterocycles. The van der Waals surface area contributed by atoms with Gasteiger partial charge < -0.3 is 19.1 Å². The van der Waals surface area contributed by atoms with Gasteiger partial charge in [-0.05, 0) is 18.9 Å². The molecule has 2 aromatic rings. The summed E-state index contributed by atoms with van der Waals surface area (Å²) in [6.45, 7) is 1.97. The first kappa shape index (κ1) is 15.3. The number of ether oxygens (including phenoxy) is 3. The minimum atomic E-state index is 0.242. The molecule has 0 atom stereocenters. The lowest BCUT2D eigenvalue weighted by atomic mass is 10.2. The van der Waals surface area contributed by atoms with E-state index in [0.29, 0.717) is 23.0 Å².